The van der Waals surface area contributed by atoms with Crippen LogP contribution in [-0.4, -0.2) is 40.8 Å². The third-order valence-corrected chi connectivity index (χ3v) is 1.51. The molecule has 1 aromatic heterocycles. The Morgan fingerprint density at radius 2 is 2.53 bits per heavy atom. The molecule has 0 saturated heterocycles. The Morgan fingerprint density at radius 1 is 1.73 bits per heavy atom. The Hall–Kier alpha value is -1.69. The number of aromatic amines is 1. The van der Waals surface area contributed by atoms with Crippen molar-refractivity contribution in [2.45, 2.75) is 6.92 Å². The maximum Gasteiger partial charge on any atom is 0.288 e. The Balaban J connectivity index is 2.10. The number of carbonyl (C=O) groups excluding carboxylic acids is 1. The molecule has 2 N–H and O–H groups in total. The summed E-state index contributed by atoms with van der Waals surface area (Å²) in [5, 5.41) is 8.67. The largest absolute Gasteiger partial charge is 0.375 e. The summed E-state index contributed by atoms with van der Waals surface area (Å²) in [6, 6.07) is 0. The number of nitrogens with one attached hydrogen (secondary N) is 2. The highest BCUT2D eigenvalue weighted by atomic mass is 16.5. The number of aromatic nitrogens is 3. The first-order chi connectivity index (χ1) is 7.20. The van der Waals surface area contributed by atoms with Gasteiger partial charge in [0.25, 0.3) is 5.91 Å². The molecule has 1 aromatic rings. The van der Waals surface area contributed by atoms with Crippen LogP contribution in [0.4, 0.5) is 0 Å². The first-order valence-corrected chi connectivity index (χ1v) is 4.56. The normalized spacial score (nSPS) is 9.93. The molecule has 0 atom stereocenters. The van der Waals surface area contributed by atoms with Gasteiger partial charge in [-0.25, -0.2) is 4.98 Å². The molecule has 0 aliphatic carbocycles. The third-order valence-electron chi connectivity index (χ3n) is 1.51. The number of hydrogen-bond donors (Lipinski definition) is 2. The highest BCUT2D eigenvalue weighted by molar-refractivity contribution is 5.90. The highest BCUT2D eigenvalue weighted by Crippen LogP contribution is 1.87. The molecule has 6 nitrogen and oxygen atoms in total. The zero-order chi connectivity index (χ0) is 11.1. The summed E-state index contributed by atoms with van der Waals surface area (Å²) in [5.41, 5.74) is 0.955. The number of nitrogens with zero attached hydrogens (tertiary/aromatic N) is 2. The van der Waals surface area contributed by atoms with Crippen molar-refractivity contribution in [1.29, 1.82) is 0 Å². The monoisotopic (exact) mass is 210 g/mol. The van der Waals surface area contributed by atoms with Gasteiger partial charge in [-0.05, 0) is 6.92 Å². The summed E-state index contributed by atoms with van der Waals surface area (Å²) in [4.78, 5) is 15.0. The van der Waals surface area contributed by atoms with Gasteiger partial charge in [0.15, 0.2) is 0 Å². The maximum atomic E-state index is 11.3. The minimum Gasteiger partial charge on any atom is -0.375 e. The van der Waals surface area contributed by atoms with Gasteiger partial charge < -0.3 is 10.1 Å². The maximum absolute atomic E-state index is 11.3. The van der Waals surface area contributed by atoms with Crippen LogP contribution in [0.1, 0.15) is 17.5 Å². The van der Waals surface area contributed by atoms with E-state index in [9.17, 15) is 4.79 Å². The summed E-state index contributed by atoms with van der Waals surface area (Å²) >= 11 is 0. The second kappa shape index (κ2) is 5.92. The predicted octanol–water partition coefficient (Wildman–Crippen LogP) is 0.127. The van der Waals surface area contributed by atoms with Crippen molar-refractivity contribution < 1.29 is 9.53 Å². The molecule has 0 unspecified atom stereocenters. The fourth-order valence-electron chi connectivity index (χ4n) is 0.882. The summed E-state index contributed by atoms with van der Waals surface area (Å²) in [6.07, 6.45) is 1.28. The zero-order valence-electron chi connectivity index (χ0n) is 8.62. The van der Waals surface area contributed by atoms with Gasteiger partial charge in [0, 0.05) is 6.54 Å². The molecule has 0 aliphatic rings. The lowest BCUT2D eigenvalue weighted by Crippen LogP contribution is -2.28. The number of H-pyrrole nitrogens is 1. The first-order valence-electron chi connectivity index (χ1n) is 4.56. The van der Waals surface area contributed by atoms with Crippen molar-refractivity contribution in [3.05, 3.63) is 24.3 Å². The molecule has 82 valence electrons. The van der Waals surface area contributed by atoms with Crippen molar-refractivity contribution in [2.24, 2.45) is 0 Å². The van der Waals surface area contributed by atoms with Crippen LogP contribution in [0.15, 0.2) is 18.5 Å². The van der Waals surface area contributed by atoms with Gasteiger partial charge in [0.05, 0.1) is 13.2 Å². The molecule has 1 rings (SSSR count). The SMILES string of the molecule is C=C(C)COCCNC(=O)c1ncn[nH]1. The van der Waals surface area contributed by atoms with Crippen LogP contribution in [0.3, 0.4) is 0 Å². The van der Waals surface area contributed by atoms with E-state index in [1.54, 1.807) is 0 Å². The van der Waals surface area contributed by atoms with E-state index in [4.69, 9.17) is 4.74 Å². The second-order valence-corrected chi connectivity index (χ2v) is 3.10. The van der Waals surface area contributed by atoms with Crippen LogP contribution in [-0.2, 0) is 4.74 Å². The summed E-state index contributed by atoms with van der Waals surface area (Å²) < 4.78 is 5.20. The Kier molecular flexibility index (Phi) is 4.49. The number of hydrogen-bond acceptors (Lipinski definition) is 4. The van der Waals surface area contributed by atoms with Gasteiger partial charge in [-0.1, -0.05) is 12.2 Å². The van der Waals surface area contributed by atoms with Crippen LogP contribution in [0, 0.1) is 0 Å². The Bertz CT molecular complexity index is 321. The van der Waals surface area contributed by atoms with Crippen molar-refractivity contribution in [3.8, 4) is 0 Å². The van der Waals surface area contributed by atoms with Crippen molar-refractivity contribution in [2.75, 3.05) is 19.8 Å². The van der Waals surface area contributed by atoms with E-state index >= 15 is 0 Å². The third kappa shape index (κ3) is 4.37. The quantitative estimate of drug-likeness (QED) is 0.516. The van der Waals surface area contributed by atoms with Crippen molar-refractivity contribution in [3.63, 3.8) is 0 Å². The summed E-state index contributed by atoms with van der Waals surface area (Å²) in [6.45, 7) is 6.98. The minimum absolute atomic E-state index is 0.204. The molecule has 1 heterocycles. The average molecular weight is 210 g/mol. The Morgan fingerprint density at radius 3 is 3.13 bits per heavy atom. The smallest absolute Gasteiger partial charge is 0.288 e. The van der Waals surface area contributed by atoms with Gasteiger partial charge in [-0.15, -0.1) is 0 Å². The van der Waals surface area contributed by atoms with E-state index in [1.165, 1.54) is 6.33 Å². The van der Waals surface area contributed by atoms with Gasteiger partial charge in [0.1, 0.15) is 6.33 Å². The fraction of sp³-hybridized carbons (Fsp3) is 0.444. The highest BCUT2D eigenvalue weighted by Gasteiger charge is 2.06. The topological polar surface area (TPSA) is 79.9 Å². The number of rotatable bonds is 6. The predicted molar refractivity (Wildman–Crippen MR) is 54.3 cm³/mol. The average Bonchev–Trinajstić information content (AvgIpc) is 2.69. The molecule has 0 saturated carbocycles. The van der Waals surface area contributed by atoms with E-state index in [0.29, 0.717) is 19.8 Å². The lowest BCUT2D eigenvalue weighted by Gasteiger charge is -2.04. The van der Waals surface area contributed by atoms with Crippen LogP contribution in [0.25, 0.3) is 0 Å². The molecule has 0 fully saturated rings. The summed E-state index contributed by atoms with van der Waals surface area (Å²) in [7, 11) is 0. The van der Waals surface area contributed by atoms with Crippen molar-refractivity contribution in [1.82, 2.24) is 20.5 Å². The molecule has 0 radical (unpaired) electrons. The van der Waals surface area contributed by atoms with Crippen LogP contribution in [0.2, 0.25) is 0 Å². The molecule has 0 spiro atoms. The number of ether oxygens (including phenoxy) is 1. The lowest BCUT2D eigenvalue weighted by molar-refractivity contribution is 0.0917. The molecular formula is C9H14N4O2. The molecule has 0 bridgehead atoms. The molecule has 0 aliphatic heterocycles. The van der Waals surface area contributed by atoms with E-state index in [1.807, 2.05) is 6.92 Å². The molecule has 15 heavy (non-hydrogen) atoms. The molecular weight excluding hydrogens is 196 g/mol. The van der Waals surface area contributed by atoms with Crippen LogP contribution < -0.4 is 5.32 Å². The van der Waals surface area contributed by atoms with Gasteiger partial charge in [-0.2, -0.15) is 5.10 Å². The van der Waals surface area contributed by atoms with E-state index in [-0.39, 0.29) is 11.7 Å². The number of carbonyl (C=O) groups is 1. The second-order valence-electron chi connectivity index (χ2n) is 3.10. The lowest BCUT2D eigenvalue weighted by atomic mass is 10.4. The van der Waals surface area contributed by atoms with Crippen LogP contribution in [0.5, 0.6) is 0 Å². The van der Waals surface area contributed by atoms with E-state index < -0.39 is 0 Å². The van der Waals surface area contributed by atoms with Crippen molar-refractivity contribution >= 4 is 5.91 Å². The molecule has 1 amide bonds. The van der Waals surface area contributed by atoms with Gasteiger partial charge in [0.2, 0.25) is 5.82 Å². The van der Waals surface area contributed by atoms with Gasteiger partial charge in [-0.3, -0.25) is 9.89 Å². The first kappa shape index (κ1) is 11.4. The summed E-state index contributed by atoms with van der Waals surface area (Å²) in [5.74, 6) is -0.0821. The minimum atomic E-state index is -0.286. The standard InChI is InChI=1S/C9H14N4O2/c1-7(2)5-15-4-3-10-9(14)8-11-6-12-13-8/h6H,1,3-5H2,2H3,(H,10,14)(H,11,12,13). The van der Waals surface area contributed by atoms with Crippen LogP contribution >= 0.6 is 0 Å². The fourth-order valence-corrected chi connectivity index (χ4v) is 0.882. The molecule has 6 heteroatoms. The number of amides is 1. The molecule has 0 aromatic carbocycles. The van der Waals surface area contributed by atoms with E-state index in [2.05, 4.69) is 27.1 Å². The Labute approximate surface area is 87.7 Å². The van der Waals surface area contributed by atoms with Gasteiger partial charge >= 0.3 is 0 Å². The zero-order valence-corrected chi connectivity index (χ0v) is 8.62. The van der Waals surface area contributed by atoms with E-state index in [0.717, 1.165) is 5.57 Å².